The molecule has 98 valence electrons. The average Bonchev–Trinajstić information content (AvgIpc) is 2.48. The molecule has 0 aliphatic rings. The van der Waals surface area contributed by atoms with Crippen LogP contribution in [0.2, 0.25) is 0 Å². The third-order valence-electron chi connectivity index (χ3n) is 2.56. The molecule has 0 aliphatic carbocycles. The molecule has 1 aromatic carbocycles. The van der Waals surface area contributed by atoms with Crippen LogP contribution in [0.3, 0.4) is 0 Å². The maximum Gasteiger partial charge on any atom is 0.203 e. The van der Waals surface area contributed by atoms with Crippen molar-refractivity contribution in [1.82, 2.24) is 0 Å². The van der Waals surface area contributed by atoms with Crippen molar-refractivity contribution < 1.29 is 9.21 Å². The number of azide groups is 1. The molecule has 0 aliphatic heterocycles. The summed E-state index contributed by atoms with van der Waals surface area (Å²) in [5, 5.41) is 3.68. The minimum atomic E-state index is -0.376. The van der Waals surface area contributed by atoms with E-state index in [2.05, 4.69) is 21.9 Å². The second-order valence-electron chi connectivity index (χ2n) is 3.86. The molecule has 0 amide bonds. The number of carbonyl (C=O) groups is 1. The van der Waals surface area contributed by atoms with Gasteiger partial charge in [0.15, 0.2) is 6.29 Å². The lowest BCUT2D eigenvalue weighted by Crippen LogP contribution is -2.07. The smallest absolute Gasteiger partial charge is 0.203 e. The zero-order valence-corrected chi connectivity index (χ0v) is 10.4. The highest BCUT2D eigenvalue weighted by molar-refractivity contribution is 5.84. The van der Waals surface area contributed by atoms with E-state index in [4.69, 9.17) is 9.95 Å². The summed E-state index contributed by atoms with van der Waals surface area (Å²) in [6.07, 6.45) is 2.04. The highest BCUT2D eigenvalue weighted by atomic mass is 16.3. The van der Waals surface area contributed by atoms with E-state index in [1.54, 1.807) is 18.2 Å². The molecule has 0 saturated heterocycles. The van der Waals surface area contributed by atoms with Crippen LogP contribution in [0.15, 0.2) is 38.8 Å². The first kappa shape index (κ1) is 13.4. The van der Waals surface area contributed by atoms with E-state index in [9.17, 15) is 9.59 Å². The molecule has 1 aromatic heterocycles. The van der Waals surface area contributed by atoms with Crippen molar-refractivity contribution in [2.75, 3.05) is 6.54 Å². The average molecular weight is 267 g/mol. The Kier molecular flexibility index (Phi) is 4.17. The molecule has 2 aromatic rings. The van der Waals surface area contributed by atoms with Crippen molar-refractivity contribution in [3.05, 3.63) is 56.3 Å². The molecule has 0 atom stereocenters. The van der Waals surface area contributed by atoms with Gasteiger partial charge in [-0.2, -0.15) is 0 Å². The Bertz CT molecular complexity index is 821. The molecule has 20 heavy (non-hydrogen) atoms. The third kappa shape index (κ3) is 2.86. The fourth-order valence-corrected chi connectivity index (χ4v) is 1.62. The highest BCUT2D eigenvalue weighted by Crippen LogP contribution is 2.12. The van der Waals surface area contributed by atoms with Gasteiger partial charge in [-0.25, -0.2) is 0 Å². The van der Waals surface area contributed by atoms with Gasteiger partial charge in [0, 0.05) is 23.4 Å². The van der Waals surface area contributed by atoms with Gasteiger partial charge in [-0.3, -0.25) is 9.59 Å². The lowest BCUT2D eigenvalue weighted by Gasteiger charge is -1.98. The van der Waals surface area contributed by atoms with Crippen molar-refractivity contribution in [3.63, 3.8) is 0 Å². The molecule has 0 spiro atoms. The summed E-state index contributed by atoms with van der Waals surface area (Å²) in [6, 6.07) is 4.92. The van der Waals surface area contributed by atoms with E-state index in [0.717, 1.165) is 6.26 Å². The number of aldehydes is 1. The first-order valence-electron chi connectivity index (χ1n) is 5.76. The Balaban J connectivity index is 2.37. The Morgan fingerprint density at radius 3 is 3.05 bits per heavy atom. The molecule has 0 fully saturated rings. The normalized spacial score (nSPS) is 9.40. The maximum atomic E-state index is 11.9. The van der Waals surface area contributed by atoms with Gasteiger partial charge in [-0.05, 0) is 23.7 Å². The van der Waals surface area contributed by atoms with E-state index in [-0.39, 0.29) is 11.0 Å². The predicted molar refractivity (Wildman–Crippen MR) is 73.4 cm³/mol. The van der Waals surface area contributed by atoms with Crippen LogP contribution < -0.4 is 5.43 Å². The molecule has 6 nitrogen and oxygen atoms in total. The van der Waals surface area contributed by atoms with Gasteiger partial charge in [0.25, 0.3) is 0 Å². The van der Waals surface area contributed by atoms with Gasteiger partial charge in [-0.1, -0.05) is 17.0 Å². The van der Waals surface area contributed by atoms with Crippen LogP contribution in [0.1, 0.15) is 22.3 Å². The zero-order chi connectivity index (χ0) is 14.4. The lowest BCUT2D eigenvalue weighted by atomic mass is 10.1. The molecule has 0 unspecified atom stereocenters. The molecular formula is C14H9N3O3. The second kappa shape index (κ2) is 6.23. The number of hydrogen-bond acceptors (Lipinski definition) is 4. The van der Waals surface area contributed by atoms with E-state index in [0.29, 0.717) is 35.8 Å². The van der Waals surface area contributed by atoms with Gasteiger partial charge in [-0.15, -0.1) is 0 Å². The first-order chi connectivity index (χ1) is 9.76. The van der Waals surface area contributed by atoms with Crippen LogP contribution in [-0.2, 0) is 0 Å². The molecule has 0 saturated carbocycles. The molecule has 0 bridgehead atoms. The second-order valence-corrected chi connectivity index (χ2v) is 3.86. The fourth-order valence-electron chi connectivity index (χ4n) is 1.62. The lowest BCUT2D eigenvalue weighted by molar-refractivity contribution is 0.112. The van der Waals surface area contributed by atoms with Crippen LogP contribution >= 0.6 is 0 Å². The summed E-state index contributed by atoms with van der Waals surface area (Å²) >= 11 is 0. The number of fused-ring (bicyclic) bond motifs is 1. The van der Waals surface area contributed by atoms with Gasteiger partial charge in [0.05, 0.1) is 10.9 Å². The van der Waals surface area contributed by atoms with E-state index in [1.807, 2.05) is 0 Å². The number of carbonyl (C=O) groups excluding carboxylic acids is 1. The van der Waals surface area contributed by atoms with Gasteiger partial charge in [0.2, 0.25) is 5.43 Å². The molecule has 0 N–H and O–H groups in total. The molecule has 6 heteroatoms. The van der Waals surface area contributed by atoms with Crippen molar-refractivity contribution in [1.29, 1.82) is 0 Å². The van der Waals surface area contributed by atoms with Crippen molar-refractivity contribution >= 4 is 17.3 Å². The maximum absolute atomic E-state index is 11.9. The SMILES string of the molecule is [N-]=[N+]=NCCC#Cc1ccc2occ(C=O)c(=O)c2c1. The van der Waals surface area contributed by atoms with Gasteiger partial charge in [0.1, 0.15) is 11.8 Å². The zero-order valence-electron chi connectivity index (χ0n) is 10.4. The van der Waals surface area contributed by atoms with E-state index in [1.165, 1.54) is 0 Å². The largest absolute Gasteiger partial charge is 0.463 e. The number of benzene rings is 1. The first-order valence-corrected chi connectivity index (χ1v) is 5.76. The van der Waals surface area contributed by atoms with Crippen LogP contribution in [0.5, 0.6) is 0 Å². The number of hydrogen-bond donors (Lipinski definition) is 0. The van der Waals surface area contributed by atoms with Crippen molar-refractivity contribution in [2.45, 2.75) is 6.42 Å². The summed E-state index contributed by atoms with van der Waals surface area (Å²) in [7, 11) is 0. The van der Waals surface area contributed by atoms with Crippen molar-refractivity contribution in [2.24, 2.45) is 5.11 Å². The standard InChI is InChI=1S/C14H9N3O3/c15-17-16-6-2-1-3-10-4-5-13-12(7-10)14(19)11(8-18)9-20-13/h4-5,7-9H,2,6H2. The number of rotatable bonds is 3. The molecule has 2 rings (SSSR count). The third-order valence-corrected chi connectivity index (χ3v) is 2.56. The summed E-state index contributed by atoms with van der Waals surface area (Å²) in [4.78, 5) is 25.3. The molecule has 1 heterocycles. The summed E-state index contributed by atoms with van der Waals surface area (Å²) in [5.74, 6) is 5.69. The summed E-state index contributed by atoms with van der Waals surface area (Å²) in [5.41, 5.74) is 8.76. The van der Waals surface area contributed by atoms with Crippen molar-refractivity contribution in [3.8, 4) is 11.8 Å². The van der Waals surface area contributed by atoms with Gasteiger partial charge < -0.3 is 4.42 Å². The fraction of sp³-hybridized carbons (Fsp3) is 0.143. The van der Waals surface area contributed by atoms with Crippen LogP contribution in [0.25, 0.3) is 21.4 Å². The quantitative estimate of drug-likeness (QED) is 0.213. The highest BCUT2D eigenvalue weighted by Gasteiger charge is 2.06. The van der Waals surface area contributed by atoms with Crippen LogP contribution in [0, 0.1) is 11.8 Å². The number of nitrogens with zero attached hydrogens (tertiary/aromatic N) is 3. The molecular weight excluding hydrogens is 258 g/mol. The molecule has 0 radical (unpaired) electrons. The Morgan fingerprint density at radius 1 is 1.45 bits per heavy atom. The Labute approximate surface area is 113 Å². The minimum Gasteiger partial charge on any atom is -0.463 e. The van der Waals surface area contributed by atoms with E-state index < -0.39 is 0 Å². The summed E-state index contributed by atoms with van der Waals surface area (Å²) < 4.78 is 5.19. The van der Waals surface area contributed by atoms with Gasteiger partial charge >= 0.3 is 0 Å². The van der Waals surface area contributed by atoms with Crippen LogP contribution in [-0.4, -0.2) is 12.8 Å². The Morgan fingerprint density at radius 2 is 2.30 bits per heavy atom. The van der Waals surface area contributed by atoms with Crippen LogP contribution in [0.4, 0.5) is 0 Å². The monoisotopic (exact) mass is 267 g/mol. The Hall–Kier alpha value is -3.03. The van der Waals surface area contributed by atoms with E-state index >= 15 is 0 Å². The summed E-state index contributed by atoms with van der Waals surface area (Å²) in [6.45, 7) is 0.300. The topological polar surface area (TPSA) is 96.0 Å². The minimum absolute atomic E-state index is 0.0223. The predicted octanol–water partition coefficient (Wildman–Crippen LogP) is 2.66.